The van der Waals surface area contributed by atoms with Crippen LogP contribution in [0, 0.1) is 41.5 Å². The third kappa shape index (κ3) is 3.78. The Labute approximate surface area is 230 Å². The summed E-state index contributed by atoms with van der Waals surface area (Å²) in [7, 11) is -9.14. The van der Waals surface area contributed by atoms with E-state index in [9.17, 15) is 37.3 Å². The molecule has 0 aliphatic heterocycles. The zero-order valence-corrected chi connectivity index (χ0v) is 23.9. The predicted octanol–water partition coefficient (Wildman–Crippen LogP) is 3.24. The van der Waals surface area contributed by atoms with Gasteiger partial charge < -0.3 is 20.4 Å². The topological polar surface area (TPSA) is 178 Å². The average Bonchev–Trinajstić information content (AvgIpc) is 3.07. The van der Waals surface area contributed by atoms with Crippen LogP contribution >= 0.6 is 0 Å². The molecule has 0 bridgehead atoms. The van der Waals surface area contributed by atoms with Crippen molar-refractivity contribution in [1.29, 1.82) is 0 Å². The Morgan fingerprint density at radius 1 is 0.500 bits per heavy atom. The van der Waals surface area contributed by atoms with Gasteiger partial charge in [-0.25, -0.2) is 0 Å². The van der Waals surface area contributed by atoms with E-state index in [0.717, 1.165) is 11.1 Å². The van der Waals surface area contributed by atoms with Crippen molar-refractivity contribution in [3.05, 3.63) is 57.6 Å². The fraction of sp³-hybridized carbons (Fsp3) is 0.231. The molecule has 0 unspecified atom stereocenters. The lowest BCUT2D eigenvalue weighted by Gasteiger charge is -2.14. The Morgan fingerprint density at radius 2 is 0.725 bits per heavy atom. The molecule has 4 aromatic rings. The standard InChI is InChI=1S/C26H26N2O10S2/c1-11-7-13(3)21(14(4)8-11)39(33,34)37-27-23(29)17-18(24(27)30)20-19(17)25(31)28(26(20)32)38-40(35,36)22-15(5)9-12(2)10-16(22)6/h7-10,29-32H,1-6H3. The van der Waals surface area contributed by atoms with Gasteiger partial charge in [-0.15, -0.1) is 0 Å². The summed E-state index contributed by atoms with van der Waals surface area (Å²) in [4.78, 5) is -0.326. The van der Waals surface area contributed by atoms with E-state index in [1.54, 1.807) is 65.8 Å². The second kappa shape index (κ2) is 8.60. The largest absolute Gasteiger partial charge is 0.492 e. The number of fused-ring (bicyclic) bond motifs is 4. The molecule has 2 heterocycles. The molecule has 1 aliphatic carbocycles. The summed E-state index contributed by atoms with van der Waals surface area (Å²) in [5.74, 6) is -3.64. The van der Waals surface area contributed by atoms with Crippen LogP contribution in [0.25, 0.3) is 22.3 Å². The van der Waals surface area contributed by atoms with Crippen molar-refractivity contribution in [3.8, 4) is 45.8 Å². The molecule has 0 radical (unpaired) electrons. The number of nitrogens with zero attached hydrogens (tertiary/aromatic N) is 2. The molecule has 2 aromatic carbocycles. The maximum absolute atomic E-state index is 13.1. The van der Waals surface area contributed by atoms with Gasteiger partial charge >= 0.3 is 20.2 Å². The van der Waals surface area contributed by atoms with Crippen molar-refractivity contribution >= 4 is 20.2 Å². The lowest BCUT2D eigenvalue weighted by molar-refractivity contribution is 0.201. The number of aryl methyl sites for hydroxylation is 6. The van der Waals surface area contributed by atoms with Crippen LogP contribution in [-0.4, -0.2) is 46.7 Å². The molecule has 5 rings (SSSR count). The second-order valence-corrected chi connectivity index (χ2v) is 12.8. The normalized spacial score (nSPS) is 12.6. The van der Waals surface area contributed by atoms with Gasteiger partial charge in [-0.3, -0.25) is 8.57 Å². The third-order valence-corrected chi connectivity index (χ3v) is 9.70. The van der Waals surface area contributed by atoms with Gasteiger partial charge in [0.25, 0.3) is 0 Å². The summed E-state index contributed by atoms with van der Waals surface area (Å²) in [5, 5.41) is 43.1. The predicted molar refractivity (Wildman–Crippen MR) is 142 cm³/mol. The zero-order valence-electron chi connectivity index (χ0n) is 22.3. The summed E-state index contributed by atoms with van der Waals surface area (Å²) in [6.45, 7) is 9.86. The minimum Gasteiger partial charge on any atom is -0.492 e. The van der Waals surface area contributed by atoms with Crippen LogP contribution in [0.2, 0.25) is 0 Å². The van der Waals surface area contributed by atoms with E-state index in [1.807, 2.05) is 0 Å². The number of aromatic hydroxyl groups is 4. The highest BCUT2D eigenvalue weighted by molar-refractivity contribution is 7.87. The Hall–Kier alpha value is -4.30. The van der Waals surface area contributed by atoms with Crippen LogP contribution in [-0.2, 0) is 20.2 Å². The molecule has 0 fully saturated rings. The van der Waals surface area contributed by atoms with Crippen molar-refractivity contribution in [2.24, 2.45) is 0 Å². The summed E-state index contributed by atoms with van der Waals surface area (Å²) in [6, 6.07) is 6.52. The van der Waals surface area contributed by atoms with Gasteiger partial charge in [-0.2, -0.15) is 16.8 Å². The van der Waals surface area contributed by atoms with Gasteiger partial charge in [0.1, 0.15) is 9.79 Å². The van der Waals surface area contributed by atoms with Crippen LogP contribution in [0.4, 0.5) is 0 Å². The fourth-order valence-corrected chi connectivity index (χ4v) is 8.11. The molecule has 12 nitrogen and oxygen atoms in total. The van der Waals surface area contributed by atoms with Crippen molar-refractivity contribution < 1.29 is 45.8 Å². The maximum atomic E-state index is 13.1. The van der Waals surface area contributed by atoms with Crippen molar-refractivity contribution in [3.63, 3.8) is 0 Å². The molecule has 1 aliphatic rings. The first kappa shape index (κ1) is 27.3. The Kier molecular flexibility index (Phi) is 5.86. The molecule has 14 heteroatoms. The molecule has 40 heavy (non-hydrogen) atoms. The third-order valence-electron chi connectivity index (χ3n) is 6.72. The highest BCUT2D eigenvalue weighted by Gasteiger charge is 2.46. The monoisotopic (exact) mass is 590 g/mol. The quantitative estimate of drug-likeness (QED) is 0.229. The lowest BCUT2D eigenvalue weighted by Crippen LogP contribution is -2.22. The smallest absolute Gasteiger partial charge is 0.357 e. The average molecular weight is 591 g/mol. The summed E-state index contributed by atoms with van der Waals surface area (Å²) < 4.78 is 63.1. The first-order valence-electron chi connectivity index (χ1n) is 11.9. The molecule has 4 N–H and O–H groups in total. The van der Waals surface area contributed by atoms with Crippen LogP contribution in [0.3, 0.4) is 0 Å². The van der Waals surface area contributed by atoms with Gasteiger partial charge in [-0.1, -0.05) is 44.9 Å². The maximum Gasteiger partial charge on any atom is 0.357 e. The molecule has 0 saturated carbocycles. The lowest BCUT2D eigenvalue weighted by atomic mass is 9.86. The van der Waals surface area contributed by atoms with E-state index in [0.29, 0.717) is 22.3 Å². The molecule has 2 aromatic heterocycles. The van der Waals surface area contributed by atoms with Gasteiger partial charge in [-0.05, 0) is 63.8 Å². The molecule has 0 atom stereocenters. The minimum atomic E-state index is -4.57. The Balaban J connectivity index is 1.55. The van der Waals surface area contributed by atoms with Crippen molar-refractivity contribution in [2.75, 3.05) is 0 Å². The first-order valence-corrected chi connectivity index (χ1v) is 14.7. The molecule has 212 valence electrons. The summed E-state index contributed by atoms with van der Waals surface area (Å²) in [6.07, 6.45) is 0. The van der Waals surface area contributed by atoms with E-state index >= 15 is 0 Å². The minimum absolute atomic E-state index is 0.163. The van der Waals surface area contributed by atoms with Crippen LogP contribution < -0.4 is 8.57 Å². The van der Waals surface area contributed by atoms with Gasteiger partial charge in [0.05, 0.1) is 22.3 Å². The van der Waals surface area contributed by atoms with Gasteiger partial charge in [0.2, 0.25) is 23.5 Å². The molecular formula is C26H26N2O10S2. The fourth-order valence-electron chi connectivity index (χ4n) is 5.47. The van der Waals surface area contributed by atoms with Gasteiger partial charge in [0, 0.05) is 0 Å². The van der Waals surface area contributed by atoms with E-state index in [2.05, 4.69) is 0 Å². The Morgan fingerprint density at radius 3 is 0.950 bits per heavy atom. The van der Waals surface area contributed by atoms with Crippen LogP contribution in [0.5, 0.6) is 23.5 Å². The highest BCUT2D eigenvalue weighted by atomic mass is 32.2. The Bertz CT molecular complexity index is 1730. The van der Waals surface area contributed by atoms with E-state index in [4.69, 9.17) is 8.57 Å². The summed E-state index contributed by atoms with van der Waals surface area (Å²) >= 11 is 0. The molecular weight excluding hydrogens is 564 g/mol. The number of aromatic nitrogens is 2. The van der Waals surface area contributed by atoms with Crippen LogP contribution in [0.1, 0.15) is 33.4 Å². The number of hydrogen-bond donors (Lipinski definition) is 4. The molecule has 0 saturated heterocycles. The summed E-state index contributed by atoms with van der Waals surface area (Å²) in [5.41, 5.74) is 2.03. The number of benzene rings is 2. The van der Waals surface area contributed by atoms with Crippen molar-refractivity contribution in [1.82, 2.24) is 9.46 Å². The molecule has 0 spiro atoms. The van der Waals surface area contributed by atoms with Gasteiger partial charge in [0.15, 0.2) is 0 Å². The van der Waals surface area contributed by atoms with Crippen molar-refractivity contribution in [2.45, 2.75) is 51.3 Å². The number of hydrogen-bond acceptors (Lipinski definition) is 10. The highest BCUT2D eigenvalue weighted by Crippen LogP contribution is 2.64. The van der Waals surface area contributed by atoms with E-state index in [1.165, 1.54) is 0 Å². The van der Waals surface area contributed by atoms with E-state index in [-0.39, 0.29) is 41.5 Å². The molecule has 0 amide bonds. The first-order chi connectivity index (χ1) is 18.5. The zero-order chi connectivity index (χ0) is 29.6. The van der Waals surface area contributed by atoms with E-state index < -0.39 is 43.8 Å². The van der Waals surface area contributed by atoms with Crippen LogP contribution in [0.15, 0.2) is 34.1 Å². The second-order valence-electron chi connectivity index (χ2n) is 9.90. The SMILES string of the molecule is Cc1cc(C)c(S(=O)(=O)On2c(O)c3c(c2O)-c2c-3c(O)n(OS(=O)(=O)c3c(C)cc(C)cc3C)c2O)c(C)c1. The number of rotatable bonds is 6.